The van der Waals surface area contributed by atoms with Crippen LogP contribution >= 0.6 is 0 Å². The maximum absolute atomic E-state index is 5.69. The van der Waals surface area contributed by atoms with Gasteiger partial charge in [0.1, 0.15) is 0 Å². The van der Waals surface area contributed by atoms with Crippen molar-refractivity contribution in [2.24, 2.45) is 0 Å². The average molecular weight is 204 g/mol. The van der Waals surface area contributed by atoms with Crippen LogP contribution in [0, 0.1) is 0 Å². The number of hydrogen-bond donors (Lipinski definition) is 3. The number of nitrogens with one attached hydrogen (secondary N) is 2. The Hall–Kier alpha value is -1.71. The van der Waals surface area contributed by atoms with Gasteiger partial charge in [0.05, 0.1) is 11.0 Å². The highest BCUT2D eigenvalue weighted by Crippen LogP contribution is 2.17. The van der Waals surface area contributed by atoms with Gasteiger partial charge in [-0.3, -0.25) is 0 Å². The Balaban J connectivity index is 2.30. The van der Waals surface area contributed by atoms with Gasteiger partial charge in [0, 0.05) is 11.7 Å². The second kappa shape index (κ2) is 3.81. The summed E-state index contributed by atoms with van der Waals surface area (Å²) in [6.07, 6.45) is 1.07. The highest BCUT2D eigenvalue weighted by atomic mass is 15.1. The summed E-state index contributed by atoms with van der Waals surface area (Å²) in [5.74, 6) is 0.810. The zero-order chi connectivity index (χ0) is 10.8. The largest absolute Gasteiger partial charge is 0.399 e. The molecule has 80 valence electrons. The summed E-state index contributed by atoms with van der Waals surface area (Å²) in [7, 11) is 0. The third kappa shape index (κ3) is 2.03. The second-order valence-electron chi connectivity index (χ2n) is 3.82. The first-order chi connectivity index (χ1) is 7.19. The van der Waals surface area contributed by atoms with Crippen LogP contribution in [0.15, 0.2) is 18.2 Å². The summed E-state index contributed by atoms with van der Waals surface area (Å²) in [5.41, 5.74) is 8.36. The third-order valence-electron chi connectivity index (χ3n) is 2.50. The van der Waals surface area contributed by atoms with Gasteiger partial charge in [0.2, 0.25) is 5.95 Å². The van der Waals surface area contributed by atoms with E-state index in [1.165, 1.54) is 0 Å². The Bertz CT molecular complexity index is 461. The number of nitrogen functional groups attached to an aromatic ring is 1. The zero-order valence-corrected chi connectivity index (χ0v) is 9.04. The lowest BCUT2D eigenvalue weighted by Gasteiger charge is -2.08. The lowest BCUT2D eigenvalue weighted by atomic mass is 10.3. The fraction of sp³-hybridized carbons (Fsp3) is 0.364. The number of aromatic amines is 1. The molecule has 2 aromatic rings. The molecule has 0 aliphatic carbocycles. The smallest absolute Gasteiger partial charge is 0.201 e. The molecule has 0 saturated heterocycles. The molecule has 0 amide bonds. The number of imidazole rings is 1. The van der Waals surface area contributed by atoms with E-state index >= 15 is 0 Å². The molecule has 2 rings (SSSR count). The molecule has 0 spiro atoms. The van der Waals surface area contributed by atoms with Crippen molar-refractivity contribution in [2.75, 3.05) is 11.1 Å². The number of nitrogens with two attached hydrogens (primary N) is 1. The predicted molar refractivity (Wildman–Crippen MR) is 63.9 cm³/mol. The SMILES string of the molecule is CCC(C)Nc1nc2ccc(N)cc2[nH]1. The van der Waals surface area contributed by atoms with E-state index in [2.05, 4.69) is 29.1 Å². The molecular formula is C11H16N4. The van der Waals surface area contributed by atoms with Crippen molar-refractivity contribution < 1.29 is 0 Å². The molecule has 1 aromatic heterocycles. The number of rotatable bonds is 3. The minimum absolute atomic E-state index is 0.419. The molecule has 0 bridgehead atoms. The number of nitrogens with zero attached hydrogens (tertiary/aromatic N) is 1. The summed E-state index contributed by atoms with van der Waals surface area (Å²) < 4.78 is 0. The maximum Gasteiger partial charge on any atom is 0.201 e. The van der Waals surface area contributed by atoms with Gasteiger partial charge in [-0.2, -0.15) is 0 Å². The second-order valence-corrected chi connectivity index (χ2v) is 3.82. The third-order valence-corrected chi connectivity index (χ3v) is 2.50. The van der Waals surface area contributed by atoms with Gasteiger partial charge in [-0.15, -0.1) is 0 Å². The van der Waals surface area contributed by atoms with E-state index in [1.807, 2.05) is 18.2 Å². The molecule has 1 atom stereocenters. The van der Waals surface area contributed by atoms with E-state index < -0.39 is 0 Å². The Morgan fingerprint density at radius 1 is 1.53 bits per heavy atom. The van der Waals surface area contributed by atoms with Gasteiger partial charge < -0.3 is 16.0 Å². The van der Waals surface area contributed by atoms with Crippen molar-refractivity contribution in [3.63, 3.8) is 0 Å². The molecule has 1 heterocycles. The summed E-state index contributed by atoms with van der Waals surface area (Å²) in [6, 6.07) is 6.09. The predicted octanol–water partition coefficient (Wildman–Crippen LogP) is 2.36. The topological polar surface area (TPSA) is 66.7 Å². The highest BCUT2D eigenvalue weighted by molar-refractivity contribution is 5.80. The van der Waals surface area contributed by atoms with E-state index in [1.54, 1.807) is 0 Å². The fourth-order valence-corrected chi connectivity index (χ4v) is 1.43. The summed E-state index contributed by atoms with van der Waals surface area (Å²) in [4.78, 5) is 7.62. The minimum Gasteiger partial charge on any atom is -0.399 e. The first-order valence-electron chi connectivity index (χ1n) is 5.21. The van der Waals surface area contributed by atoms with Crippen LogP contribution < -0.4 is 11.1 Å². The molecule has 0 aliphatic rings. The normalized spacial score (nSPS) is 12.9. The van der Waals surface area contributed by atoms with Gasteiger partial charge in [-0.05, 0) is 31.5 Å². The monoisotopic (exact) mass is 204 g/mol. The lowest BCUT2D eigenvalue weighted by Crippen LogP contribution is -2.14. The molecule has 4 N–H and O–H groups in total. The Kier molecular flexibility index (Phi) is 2.49. The van der Waals surface area contributed by atoms with Crippen molar-refractivity contribution in [1.82, 2.24) is 9.97 Å². The van der Waals surface area contributed by atoms with Crippen LogP contribution in [0.3, 0.4) is 0 Å². The van der Waals surface area contributed by atoms with Crippen LogP contribution in [0.25, 0.3) is 11.0 Å². The summed E-state index contributed by atoms with van der Waals surface area (Å²) >= 11 is 0. The van der Waals surface area contributed by atoms with Gasteiger partial charge in [-0.25, -0.2) is 4.98 Å². The molecule has 0 saturated carbocycles. The van der Waals surface area contributed by atoms with Crippen LogP contribution in [0.2, 0.25) is 0 Å². The van der Waals surface area contributed by atoms with Gasteiger partial charge >= 0.3 is 0 Å². The molecule has 0 radical (unpaired) electrons. The number of anilines is 2. The Morgan fingerprint density at radius 2 is 2.33 bits per heavy atom. The van der Waals surface area contributed by atoms with E-state index in [4.69, 9.17) is 5.73 Å². The fourth-order valence-electron chi connectivity index (χ4n) is 1.43. The van der Waals surface area contributed by atoms with Crippen LogP contribution in [-0.4, -0.2) is 16.0 Å². The number of benzene rings is 1. The van der Waals surface area contributed by atoms with E-state index in [0.29, 0.717) is 6.04 Å². The maximum atomic E-state index is 5.69. The molecule has 4 nitrogen and oxygen atoms in total. The van der Waals surface area contributed by atoms with Crippen LogP contribution in [0.4, 0.5) is 11.6 Å². The van der Waals surface area contributed by atoms with Crippen LogP contribution in [0.1, 0.15) is 20.3 Å². The molecule has 15 heavy (non-hydrogen) atoms. The number of fused-ring (bicyclic) bond motifs is 1. The Morgan fingerprint density at radius 3 is 3.07 bits per heavy atom. The lowest BCUT2D eigenvalue weighted by molar-refractivity contribution is 0.756. The van der Waals surface area contributed by atoms with Crippen molar-refractivity contribution in [2.45, 2.75) is 26.3 Å². The number of H-pyrrole nitrogens is 1. The van der Waals surface area contributed by atoms with Crippen LogP contribution in [-0.2, 0) is 0 Å². The van der Waals surface area contributed by atoms with E-state index in [0.717, 1.165) is 29.1 Å². The van der Waals surface area contributed by atoms with Crippen LogP contribution in [0.5, 0.6) is 0 Å². The van der Waals surface area contributed by atoms with Gasteiger partial charge in [-0.1, -0.05) is 6.92 Å². The quantitative estimate of drug-likeness (QED) is 0.672. The molecule has 4 heteroatoms. The zero-order valence-electron chi connectivity index (χ0n) is 9.04. The molecule has 0 fully saturated rings. The van der Waals surface area contributed by atoms with E-state index in [-0.39, 0.29) is 0 Å². The van der Waals surface area contributed by atoms with Crippen molar-refractivity contribution >= 4 is 22.7 Å². The van der Waals surface area contributed by atoms with Gasteiger partial charge in [0.25, 0.3) is 0 Å². The minimum atomic E-state index is 0.419. The first-order valence-corrected chi connectivity index (χ1v) is 5.21. The molecule has 1 unspecified atom stereocenters. The standard InChI is InChI=1S/C11H16N4/c1-3-7(2)13-11-14-9-5-4-8(12)6-10(9)15-11/h4-7H,3,12H2,1-2H3,(H2,13,14,15). The highest BCUT2D eigenvalue weighted by Gasteiger charge is 2.04. The van der Waals surface area contributed by atoms with E-state index in [9.17, 15) is 0 Å². The van der Waals surface area contributed by atoms with Gasteiger partial charge in [0.15, 0.2) is 0 Å². The molecule has 0 aliphatic heterocycles. The summed E-state index contributed by atoms with van der Waals surface area (Å²) in [6.45, 7) is 4.26. The average Bonchev–Trinajstić information content (AvgIpc) is 2.59. The van der Waals surface area contributed by atoms with Crippen molar-refractivity contribution in [3.8, 4) is 0 Å². The molecular weight excluding hydrogens is 188 g/mol. The van der Waals surface area contributed by atoms with Crippen molar-refractivity contribution in [3.05, 3.63) is 18.2 Å². The Labute approximate surface area is 88.9 Å². The number of aromatic nitrogens is 2. The summed E-state index contributed by atoms with van der Waals surface area (Å²) in [5, 5.41) is 3.29. The molecule has 1 aromatic carbocycles. The number of hydrogen-bond acceptors (Lipinski definition) is 3. The first kappa shape index (κ1) is 9.83. The van der Waals surface area contributed by atoms with Crippen molar-refractivity contribution in [1.29, 1.82) is 0 Å².